The Morgan fingerprint density at radius 2 is 1.85 bits per heavy atom. The van der Waals surface area contributed by atoms with E-state index in [0.29, 0.717) is 4.88 Å². The molecule has 0 fully saturated rings. The summed E-state index contributed by atoms with van der Waals surface area (Å²) in [7, 11) is 0. The van der Waals surface area contributed by atoms with E-state index in [1.165, 1.54) is 17.4 Å². The van der Waals surface area contributed by atoms with E-state index in [0.717, 1.165) is 23.1 Å². The van der Waals surface area contributed by atoms with Gasteiger partial charge in [0, 0.05) is 17.0 Å². The Labute approximate surface area is 157 Å². The molecule has 1 N–H and O–H groups in total. The number of benzene rings is 1. The van der Waals surface area contributed by atoms with Crippen molar-refractivity contribution >= 4 is 34.7 Å². The summed E-state index contributed by atoms with van der Waals surface area (Å²) in [4.78, 5) is 36.7. The van der Waals surface area contributed by atoms with Crippen molar-refractivity contribution in [2.24, 2.45) is 0 Å². The minimum absolute atomic E-state index is 0.0476. The molecule has 144 valence electrons. The maximum Gasteiger partial charge on any atom is 0.416 e. The predicted molar refractivity (Wildman–Crippen MR) is 93.7 cm³/mol. The van der Waals surface area contributed by atoms with Crippen LogP contribution in [0.1, 0.15) is 33.0 Å². The van der Waals surface area contributed by atoms with E-state index in [1.54, 1.807) is 12.1 Å². The smallest absolute Gasteiger partial charge is 0.416 e. The van der Waals surface area contributed by atoms with Crippen LogP contribution in [0.2, 0.25) is 0 Å². The minimum atomic E-state index is -4.53. The van der Waals surface area contributed by atoms with E-state index < -0.39 is 30.2 Å². The van der Waals surface area contributed by atoms with Crippen LogP contribution in [0, 0.1) is 6.92 Å². The van der Waals surface area contributed by atoms with Gasteiger partial charge in [0.2, 0.25) is 0 Å². The van der Waals surface area contributed by atoms with E-state index in [9.17, 15) is 27.6 Å². The normalized spacial score (nSPS) is 11.1. The van der Waals surface area contributed by atoms with Gasteiger partial charge in [-0.05, 0) is 37.3 Å². The fraction of sp³-hybridized carbons (Fsp3) is 0.278. The van der Waals surface area contributed by atoms with Crippen LogP contribution in [-0.4, -0.2) is 24.3 Å². The third-order valence-electron chi connectivity index (χ3n) is 3.41. The second kappa shape index (κ2) is 8.81. The minimum Gasteiger partial charge on any atom is -0.456 e. The number of rotatable bonds is 7. The molecule has 0 spiro atoms. The zero-order valence-corrected chi connectivity index (χ0v) is 15.1. The number of ether oxygens (including phenoxy) is 1. The standard InChI is InChI=1S/C18H16F3NO4S/c1-11-5-7-15(27-11)14(23)6-8-17(25)26-10-16(24)22-13-4-2-3-12(9-13)18(19,20)21/h2-5,7,9H,6,8,10H2,1H3,(H,22,24). The number of alkyl halides is 3. The maximum atomic E-state index is 12.6. The maximum absolute atomic E-state index is 12.6. The Morgan fingerprint density at radius 3 is 2.48 bits per heavy atom. The van der Waals surface area contributed by atoms with Crippen molar-refractivity contribution in [2.45, 2.75) is 25.9 Å². The molecule has 0 bridgehead atoms. The molecule has 2 rings (SSSR count). The predicted octanol–water partition coefficient (Wildman–Crippen LogP) is 4.22. The third-order valence-corrected chi connectivity index (χ3v) is 4.45. The fourth-order valence-electron chi connectivity index (χ4n) is 2.11. The van der Waals surface area contributed by atoms with Gasteiger partial charge in [0.05, 0.1) is 16.9 Å². The highest BCUT2D eigenvalue weighted by Gasteiger charge is 2.30. The number of ketones is 1. The lowest BCUT2D eigenvalue weighted by atomic mass is 10.2. The first-order valence-electron chi connectivity index (χ1n) is 7.87. The topological polar surface area (TPSA) is 72.5 Å². The van der Waals surface area contributed by atoms with E-state index >= 15 is 0 Å². The Morgan fingerprint density at radius 1 is 1.11 bits per heavy atom. The molecular weight excluding hydrogens is 383 g/mol. The highest BCUT2D eigenvalue weighted by molar-refractivity contribution is 7.14. The number of nitrogens with one attached hydrogen (secondary N) is 1. The molecule has 0 saturated carbocycles. The van der Waals surface area contributed by atoms with Gasteiger partial charge in [-0.15, -0.1) is 11.3 Å². The van der Waals surface area contributed by atoms with Crippen LogP contribution in [0.3, 0.4) is 0 Å². The molecule has 0 atom stereocenters. The Kier molecular flexibility index (Phi) is 6.73. The molecule has 27 heavy (non-hydrogen) atoms. The largest absolute Gasteiger partial charge is 0.456 e. The number of halogens is 3. The first-order valence-corrected chi connectivity index (χ1v) is 8.69. The molecule has 0 aliphatic carbocycles. The molecule has 0 saturated heterocycles. The number of thiophene rings is 1. The SMILES string of the molecule is Cc1ccc(C(=O)CCC(=O)OCC(=O)Nc2cccc(C(F)(F)F)c2)s1. The molecular formula is C18H16F3NO4S. The van der Waals surface area contributed by atoms with Crippen molar-refractivity contribution in [1.29, 1.82) is 0 Å². The first-order chi connectivity index (χ1) is 12.6. The summed E-state index contributed by atoms with van der Waals surface area (Å²) >= 11 is 1.32. The van der Waals surface area contributed by atoms with Crippen molar-refractivity contribution in [3.63, 3.8) is 0 Å². The number of carbonyl (C=O) groups is 3. The summed E-state index contributed by atoms with van der Waals surface area (Å²) in [6.45, 7) is 1.21. The molecule has 0 unspecified atom stereocenters. The number of carbonyl (C=O) groups excluding carboxylic acids is 3. The lowest BCUT2D eigenvalue weighted by molar-refractivity contribution is -0.147. The summed E-state index contributed by atoms with van der Waals surface area (Å²) in [6, 6.07) is 7.58. The van der Waals surface area contributed by atoms with Gasteiger partial charge in [0.15, 0.2) is 12.4 Å². The quantitative estimate of drug-likeness (QED) is 0.559. The number of aryl methyl sites for hydroxylation is 1. The third kappa shape index (κ3) is 6.52. The van der Waals surface area contributed by atoms with Crippen LogP contribution < -0.4 is 5.32 Å². The number of esters is 1. The van der Waals surface area contributed by atoms with Crippen LogP contribution in [0.5, 0.6) is 0 Å². The average Bonchev–Trinajstić information content (AvgIpc) is 3.04. The van der Waals surface area contributed by atoms with Crippen LogP contribution >= 0.6 is 11.3 Å². The first kappa shape index (κ1) is 20.6. The van der Waals surface area contributed by atoms with Gasteiger partial charge < -0.3 is 10.1 Å². The van der Waals surface area contributed by atoms with Gasteiger partial charge in [0.25, 0.3) is 5.91 Å². The van der Waals surface area contributed by atoms with Crippen molar-refractivity contribution in [1.82, 2.24) is 0 Å². The fourth-order valence-corrected chi connectivity index (χ4v) is 2.95. The molecule has 9 heteroatoms. The van der Waals surface area contributed by atoms with Crippen LogP contribution in [0.4, 0.5) is 18.9 Å². The summed E-state index contributed by atoms with van der Waals surface area (Å²) in [5, 5.41) is 2.22. The molecule has 2 aromatic rings. The number of Topliss-reactive ketones (excluding diaryl/α,β-unsaturated/α-hetero) is 1. The lowest BCUT2D eigenvalue weighted by Crippen LogP contribution is -2.21. The van der Waals surface area contributed by atoms with Gasteiger partial charge in [-0.2, -0.15) is 13.2 Å². The van der Waals surface area contributed by atoms with Crippen molar-refractivity contribution in [3.05, 3.63) is 51.7 Å². The van der Waals surface area contributed by atoms with Crippen LogP contribution in [0.25, 0.3) is 0 Å². The summed E-state index contributed by atoms with van der Waals surface area (Å²) in [5.41, 5.74) is -0.964. The van der Waals surface area contributed by atoms with Gasteiger partial charge in [0.1, 0.15) is 0 Å². The molecule has 1 aromatic heterocycles. The van der Waals surface area contributed by atoms with Crippen molar-refractivity contribution in [2.75, 3.05) is 11.9 Å². The number of anilines is 1. The average molecular weight is 399 g/mol. The molecule has 5 nitrogen and oxygen atoms in total. The summed E-state index contributed by atoms with van der Waals surface area (Å²) < 4.78 is 42.6. The Balaban J connectivity index is 1.76. The summed E-state index contributed by atoms with van der Waals surface area (Å²) in [5.74, 6) is -1.71. The van der Waals surface area contributed by atoms with Gasteiger partial charge >= 0.3 is 12.1 Å². The molecule has 1 aromatic carbocycles. The van der Waals surface area contributed by atoms with Gasteiger partial charge in [-0.25, -0.2) is 0 Å². The van der Waals surface area contributed by atoms with E-state index in [-0.39, 0.29) is 24.3 Å². The van der Waals surface area contributed by atoms with Crippen LogP contribution in [0.15, 0.2) is 36.4 Å². The summed E-state index contributed by atoms with van der Waals surface area (Å²) in [6.07, 6.45) is -4.76. The highest BCUT2D eigenvalue weighted by Crippen LogP contribution is 2.30. The number of amides is 1. The monoisotopic (exact) mass is 399 g/mol. The highest BCUT2D eigenvalue weighted by atomic mass is 32.1. The van der Waals surface area contributed by atoms with Crippen molar-refractivity contribution in [3.8, 4) is 0 Å². The molecule has 1 amide bonds. The molecule has 0 aliphatic rings. The Hall–Kier alpha value is -2.68. The second-order valence-corrected chi connectivity index (χ2v) is 6.91. The second-order valence-electron chi connectivity index (χ2n) is 5.62. The van der Waals surface area contributed by atoms with Gasteiger partial charge in [-0.1, -0.05) is 6.07 Å². The number of hydrogen-bond donors (Lipinski definition) is 1. The van der Waals surface area contributed by atoms with E-state index in [4.69, 9.17) is 4.74 Å². The van der Waals surface area contributed by atoms with E-state index in [1.807, 2.05) is 6.92 Å². The van der Waals surface area contributed by atoms with Crippen LogP contribution in [-0.2, 0) is 20.5 Å². The zero-order chi connectivity index (χ0) is 20.0. The number of hydrogen-bond acceptors (Lipinski definition) is 5. The molecule has 1 heterocycles. The van der Waals surface area contributed by atoms with Crippen molar-refractivity contribution < 1.29 is 32.3 Å². The molecule has 0 radical (unpaired) electrons. The van der Waals surface area contributed by atoms with Gasteiger partial charge in [-0.3, -0.25) is 14.4 Å². The molecule has 0 aliphatic heterocycles. The Bertz CT molecular complexity index is 845. The lowest BCUT2D eigenvalue weighted by Gasteiger charge is -2.10. The zero-order valence-electron chi connectivity index (χ0n) is 14.3. The van der Waals surface area contributed by atoms with E-state index in [2.05, 4.69) is 5.32 Å².